The van der Waals surface area contributed by atoms with Gasteiger partial charge in [-0.25, -0.2) is 4.79 Å². The predicted molar refractivity (Wildman–Crippen MR) is 104 cm³/mol. The van der Waals surface area contributed by atoms with Crippen LogP contribution in [0.2, 0.25) is 5.02 Å². The molecule has 2 heterocycles. The first-order chi connectivity index (χ1) is 13.1. The highest BCUT2D eigenvalue weighted by atomic mass is 35.5. The van der Waals surface area contributed by atoms with E-state index in [1.165, 1.54) is 0 Å². The number of carbonyl (C=O) groups is 1. The number of nitrogens with zero attached hydrogens (tertiary/aromatic N) is 3. The molecule has 1 aliphatic heterocycles. The molecular weight excluding hydrogens is 364 g/mol. The van der Waals surface area contributed by atoms with E-state index in [0.29, 0.717) is 29.0 Å². The molecule has 4 rings (SSSR count). The summed E-state index contributed by atoms with van der Waals surface area (Å²) < 4.78 is 5.50. The largest absolute Gasteiger partial charge is 0.337 e. The second-order valence-electron chi connectivity index (χ2n) is 6.56. The van der Waals surface area contributed by atoms with Crippen molar-refractivity contribution in [3.8, 4) is 11.4 Å². The lowest BCUT2D eigenvalue weighted by molar-refractivity contribution is 0.193. The quantitative estimate of drug-likeness (QED) is 0.686. The van der Waals surface area contributed by atoms with Crippen molar-refractivity contribution >= 4 is 23.3 Å². The normalized spacial score (nSPS) is 16.5. The molecule has 1 saturated heterocycles. The van der Waals surface area contributed by atoms with E-state index in [1.54, 1.807) is 29.2 Å². The topological polar surface area (TPSA) is 71.3 Å². The first-order valence-electron chi connectivity index (χ1n) is 8.84. The van der Waals surface area contributed by atoms with Crippen LogP contribution < -0.4 is 5.32 Å². The molecule has 6 nitrogen and oxygen atoms in total. The lowest BCUT2D eigenvalue weighted by Crippen LogP contribution is -2.34. The maximum atomic E-state index is 12.7. The number of anilines is 1. The number of hydrogen-bond donors (Lipinski definition) is 1. The van der Waals surface area contributed by atoms with Gasteiger partial charge in [-0.3, -0.25) is 0 Å². The van der Waals surface area contributed by atoms with Gasteiger partial charge in [-0.15, -0.1) is 0 Å². The molecule has 1 N–H and O–H groups in total. The number of likely N-dealkylation sites (tertiary alicyclic amines) is 1. The maximum absolute atomic E-state index is 12.7. The molecule has 27 heavy (non-hydrogen) atoms. The molecule has 0 aliphatic carbocycles. The van der Waals surface area contributed by atoms with Crippen molar-refractivity contribution in [1.29, 1.82) is 0 Å². The summed E-state index contributed by atoms with van der Waals surface area (Å²) >= 11 is 5.99. The van der Waals surface area contributed by atoms with Crippen LogP contribution in [0.1, 0.15) is 30.3 Å². The molecule has 1 unspecified atom stereocenters. The monoisotopic (exact) mass is 382 g/mol. The van der Waals surface area contributed by atoms with E-state index in [0.717, 1.165) is 24.0 Å². The van der Waals surface area contributed by atoms with Gasteiger partial charge in [0.25, 0.3) is 0 Å². The molecule has 3 aromatic rings. The second kappa shape index (κ2) is 7.40. The zero-order valence-corrected chi connectivity index (χ0v) is 15.6. The van der Waals surface area contributed by atoms with E-state index in [2.05, 4.69) is 15.5 Å². The van der Waals surface area contributed by atoms with E-state index in [4.69, 9.17) is 16.1 Å². The summed E-state index contributed by atoms with van der Waals surface area (Å²) in [6, 6.07) is 14.5. The van der Waals surface area contributed by atoms with Crippen LogP contribution in [-0.4, -0.2) is 27.6 Å². The molecule has 0 bridgehead atoms. The van der Waals surface area contributed by atoms with Crippen molar-refractivity contribution in [3.05, 3.63) is 65.0 Å². The third kappa shape index (κ3) is 3.66. The summed E-state index contributed by atoms with van der Waals surface area (Å²) in [6.45, 7) is 2.64. The smallest absolute Gasteiger partial charge is 0.322 e. The van der Waals surface area contributed by atoms with Crippen molar-refractivity contribution in [2.45, 2.75) is 25.8 Å². The lowest BCUT2D eigenvalue weighted by atomic mass is 10.1. The summed E-state index contributed by atoms with van der Waals surface area (Å²) in [5, 5.41) is 7.58. The molecule has 7 heteroatoms. The summed E-state index contributed by atoms with van der Waals surface area (Å²) in [5.74, 6) is 1.01. The van der Waals surface area contributed by atoms with Gasteiger partial charge in [0.15, 0.2) is 0 Å². The van der Waals surface area contributed by atoms with E-state index in [1.807, 2.05) is 31.2 Å². The Morgan fingerprint density at radius 3 is 2.93 bits per heavy atom. The van der Waals surface area contributed by atoms with Crippen LogP contribution in [0.25, 0.3) is 11.4 Å². The highest BCUT2D eigenvalue weighted by molar-refractivity contribution is 6.30. The van der Waals surface area contributed by atoms with Crippen molar-refractivity contribution in [2.24, 2.45) is 0 Å². The number of aryl methyl sites for hydroxylation is 1. The minimum Gasteiger partial charge on any atom is -0.337 e. The standard InChI is InChI=1S/C20H19ClN4O2/c1-13-6-2-3-9-16(13)18-23-19(27-24-18)17-10-5-11-25(17)20(26)22-15-8-4-7-14(21)12-15/h2-4,6-9,12,17H,5,10-11H2,1H3,(H,22,26). The number of carbonyl (C=O) groups excluding carboxylic acids is 1. The number of rotatable bonds is 3. The molecule has 1 aliphatic rings. The van der Waals surface area contributed by atoms with Crippen molar-refractivity contribution in [1.82, 2.24) is 15.0 Å². The van der Waals surface area contributed by atoms with Gasteiger partial charge in [0.2, 0.25) is 11.7 Å². The van der Waals surface area contributed by atoms with Gasteiger partial charge in [0.05, 0.1) is 0 Å². The van der Waals surface area contributed by atoms with Crippen LogP contribution in [-0.2, 0) is 0 Å². The Morgan fingerprint density at radius 1 is 1.26 bits per heavy atom. The Morgan fingerprint density at radius 2 is 2.11 bits per heavy atom. The zero-order chi connectivity index (χ0) is 18.8. The number of urea groups is 1. The lowest BCUT2D eigenvalue weighted by Gasteiger charge is -2.22. The van der Waals surface area contributed by atoms with Crippen LogP contribution in [0, 0.1) is 6.92 Å². The van der Waals surface area contributed by atoms with Gasteiger partial charge >= 0.3 is 6.03 Å². The molecular formula is C20H19ClN4O2. The van der Waals surface area contributed by atoms with Gasteiger partial charge in [-0.2, -0.15) is 4.98 Å². The second-order valence-corrected chi connectivity index (χ2v) is 7.00. The summed E-state index contributed by atoms with van der Waals surface area (Å²) in [7, 11) is 0. The minimum atomic E-state index is -0.227. The predicted octanol–water partition coefficient (Wildman–Crippen LogP) is 5.07. The van der Waals surface area contributed by atoms with E-state index in [9.17, 15) is 4.79 Å². The first kappa shape index (κ1) is 17.5. The molecule has 2 amide bonds. The van der Waals surface area contributed by atoms with Gasteiger partial charge < -0.3 is 14.7 Å². The molecule has 0 saturated carbocycles. The zero-order valence-electron chi connectivity index (χ0n) is 14.9. The van der Waals surface area contributed by atoms with E-state index in [-0.39, 0.29) is 12.1 Å². The van der Waals surface area contributed by atoms with Crippen molar-refractivity contribution < 1.29 is 9.32 Å². The number of aromatic nitrogens is 2. The highest BCUT2D eigenvalue weighted by Gasteiger charge is 2.34. The molecule has 2 aromatic carbocycles. The fourth-order valence-electron chi connectivity index (χ4n) is 3.33. The Balaban J connectivity index is 1.53. The molecule has 0 radical (unpaired) electrons. The van der Waals surface area contributed by atoms with Crippen LogP contribution in [0.5, 0.6) is 0 Å². The van der Waals surface area contributed by atoms with E-state index >= 15 is 0 Å². The minimum absolute atomic E-state index is 0.199. The van der Waals surface area contributed by atoms with Gasteiger partial charge in [-0.1, -0.05) is 47.1 Å². The van der Waals surface area contributed by atoms with Crippen molar-refractivity contribution in [2.75, 3.05) is 11.9 Å². The first-order valence-corrected chi connectivity index (χ1v) is 9.22. The molecule has 0 spiro atoms. The van der Waals surface area contributed by atoms with Gasteiger partial charge in [-0.05, 0) is 43.5 Å². The summed E-state index contributed by atoms with van der Waals surface area (Å²) in [4.78, 5) is 19.0. The molecule has 1 aromatic heterocycles. The maximum Gasteiger partial charge on any atom is 0.322 e. The molecule has 1 atom stereocenters. The van der Waals surface area contributed by atoms with Gasteiger partial charge in [0.1, 0.15) is 6.04 Å². The van der Waals surface area contributed by atoms with E-state index < -0.39 is 0 Å². The number of halogens is 1. The Bertz CT molecular complexity index is 972. The fourth-order valence-corrected chi connectivity index (χ4v) is 3.52. The molecule has 138 valence electrons. The number of hydrogen-bond acceptors (Lipinski definition) is 4. The Labute approximate surface area is 162 Å². The molecule has 1 fully saturated rings. The Hall–Kier alpha value is -2.86. The number of amides is 2. The third-order valence-electron chi connectivity index (χ3n) is 4.70. The van der Waals surface area contributed by atoms with Crippen LogP contribution in [0.3, 0.4) is 0 Å². The van der Waals surface area contributed by atoms with Crippen LogP contribution >= 0.6 is 11.6 Å². The fraction of sp³-hybridized carbons (Fsp3) is 0.250. The van der Waals surface area contributed by atoms with Gasteiger partial charge in [0, 0.05) is 22.8 Å². The summed E-state index contributed by atoms with van der Waals surface area (Å²) in [5.41, 5.74) is 2.66. The van der Waals surface area contributed by atoms with Crippen molar-refractivity contribution in [3.63, 3.8) is 0 Å². The third-order valence-corrected chi connectivity index (χ3v) is 4.94. The Kier molecular flexibility index (Phi) is 4.81. The highest BCUT2D eigenvalue weighted by Crippen LogP contribution is 2.33. The SMILES string of the molecule is Cc1ccccc1-c1noc(C2CCCN2C(=O)Nc2cccc(Cl)c2)n1. The number of nitrogens with one attached hydrogen (secondary N) is 1. The average Bonchev–Trinajstić information content (AvgIpc) is 3.31. The van der Waals surface area contributed by atoms with Crippen LogP contribution in [0.15, 0.2) is 53.1 Å². The number of benzene rings is 2. The summed E-state index contributed by atoms with van der Waals surface area (Å²) in [6.07, 6.45) is 1.67. The van der Waals surface area contributed by atoms with Crippen LogP contribution in [0.4, 0.5) is 10.5 Å². The average molecular weight is 383 g/mol.